The van der Waals surface area contributed by atoms with Crippen LogP contribution in [-0.2, 0) is 9.59 Å². The molecule has 1 aliphatic heterocycles. The molecule has 2 rings (SSSR count). The number of halogens is 1. The molecule has 1 unspecified atom stereocenters. The zero-order valence-electron chi connectivity index (χ0n) is 9.67. The smallest absolute Gasteiger partial charge is 0.225 e. The Bertz CT molecular complexity index is 416. The number of rotatable bonds is 4. The summed E-state index contributed by atoms with van der Waals surface area (Å²) in [5.41, 5.74) is 0. The van der Waals surface area contributed by atoms with Gasteiger partial charge in [-0.1, -0.05) is 6.92 Å². The van der Waals surface area contributed by atoms with Crippen molar-refractivity contribution in [1.29, 1.82) is 0 Å². The second kappa shape index (κ2) is 5.20. The zero-order valence-corrected chi connectivity index (χ0v) is 11.8. The van der Waals surface area contributed by atoms with E-state index in [1.807, 2.05) is 36.0 Å². The molecular formula is C12H15IN2O2. The van der Waals surface area contributed by atoms with Gasteiger partial charge in [0.2, 0.25) is 9.70 Å². The van der Waals surface area contributed by atoms with Crippen molar-refractivity contribution in [3.05, 3.63) is 24.5 Å². The lowest BCUT2D eigenvalue weighted by atomic mass is 10.2. The lowest BCUT2D eigenvalue weighted by Crippen LogP contribution is -2.39. The zero-order chi connectivity index (χ0) is 12.4. The second-order valence-electron chi connectivity index (χ2n) is 4.26. The SMILES string of the molecule is CC[C@@H](C(=O)I)N1CC(n2cccc2)CC1=O. The molecule has 0 bridgehead atoms. The van der Waals surface area contributed by atoms with Gasteiger partial charge in [-0.05, 0) is 18.6 Å². The Kier molecular flexibility index (Phi) is 3.86. The van der Waals surface area contributed by atoms with Crippen molar-refractivity contribution in [3.8, 4) is 0 Å². The molecule has 0 saturated carbocycles. The van der Waals surface area contributed by atoms with E-state index in [0.29, 0.717) is 19.4 Å². The summed E-state index contributed by atoms with van der Waals surface area (Å²) in [5, 5.41) is 0. The van der Waals surface area contributed by atoms with E-state index in [0.717, 1.165) is 0 Å². The Labute approximate surface area is 114 Å². The fourth-order valence-electron chi connectivity index (χ4n) is 2.31. The van der Waals surface area contributed by atoms with Gasteiger partial charge in [-0.3, -0.25) is 9.59 Å². The van der Waals surface area contributed by atoms with Crippen LogP contribution in [0.3, 0.4) is 0 Å². The molecule has 1 saturated heterocycles. The van der Waals surface area contributed by atoms with E-state index in [4.69, 9.17) is 0 Å². The number of aromatic nitrogens is 1. The van der Waals surface area contributed by atoms with E-state index in [-0.39, 0.29) is 21.8 Å². The van der Waals surface area contributed by atoms with Crippen molar-refractivity contribution < 1.29 is 9.59 Å². The van der Waals surface area contributed by atoms with E-state index in [1.165, 1.54) is 0 Å². The number of amides is 1. The van der Waals surface area contributed by atoms with Crippen LogP contribution < -0.4 is 0 Å². The normalized spacial score (nSPS) is 21.9. The highest BCUT2D eigenvalue weighted by Gasteiger charge is 2.36. The summed E-state index contributed by atoms with van der Waals surface area (Å²) in [6.07, 6.45) is 5.11. The predicted molar refractivity (Wildman–Crippen MR) is 72.9 cm³/mol. The van der Waals surface area contributed by atoms with Gasteiger partial charge in [-0.25, -0.2) is 0 Å². The maximum Gasteiger partial charge on any atom is 0.225 e. The average molecular weight is 346 g/mol. The first-order valence-electron chi connectivity index (χ1n) is 5.74. The third-order valence-corrected chi connectivity index (χ3v) is 3.93. The van der Waals surface area contributed by atoms with Crippen LogP contribution >= 0.6 is 22.6 Å². The number of carbonyl (C=O) groups excluding carboxylic acids is 2. The summed E-state index contributed by atoms with van der Waals surface area (Å²) in [6.45, 7) is 2.58. The first-order valence-corrected chi connectivity index (χ1v) is 6.82. The minimum atomic E-state index is -0.260. The van der Waals surface area contributed by atoms with Gasteiger partial charge in [0.05, 0.1) is 6.04 Å². The average Bonchev–Trinajstić information content (AvgIpc) is 2.89. The molecule has 0 N–H and O–H groups in total. The molecule has 1 aliphatic rings. The van der Waals surface area contributed by atoms with Gasteiger partial charge < -0.3 is 9.47 Å². The number of hydrogen-bond acceptors (Lipinski definition) is 2. The standard InChI is InChI=1S/C12H15IN2O2/c1-2-10(12(13)17)15-8-9(7-11(15)16)14-5-3-4-6-14/h3-6,9-10H,2,7-8H2,1H3/t9?,10-/m0/s1. The van der Waals surface area contributed by atoms with E-state index < -0.39 is 0 Å². The van der Waals surface area contributed by atoms with Gasteiger partial charge in [0.1, 0.15) is 6.04 Å². The van der Waals surface area contributed by atoms with Gasteiger partial charge in [0, 0.05) is 48.0 Å². The molecule has 1 fully saturated rings. The highest BCUT2D eigenvalue weighted by Crippen LogP contribution is 2.26. The topological polar surface area (TPSA) is 42.3 Å². The maximum atomic E-state index is 11.9. The Morgan fingerprint density at radius 2 is 2.18 bits per heavy atom. The van der Waals surface area contributed by atoms with Crippen molar-refractivity contribution in [1.82, 2.24) is 9.47 Å². The molecule has 1 amide bonds. The van der Waals surface area contributed by atoms with Crippen LogP contribution in [0.2, 0.25) is 0 Å². The Morgan fingerprint density at radius 3 is 2.71 bits per heavy atom. The first-order chi connectivity index (χ1) is 8.13. The predicted octanol–water partition coefficient (Wildman–Crippen LogP) is 2.00. The minimum absolute atomic E-state index is 0.0478. The summed E-state index contributed by atoms with van der Waals surface area (Å²) in [4.78, 5) is 25.2. The summed E-state index contributed by atoms with van der Waals surface area (Å²) in [6, 6.07) is 3.81. The number of hydrogen-bond donors (Lipinski definition) is 0. The summed E-state index contributed by atoms with van der Waals surface area (Å²) in [7, 11) is 0. The Balaban J connectivity index is 2.12. The highest BCUT2D eigenvalue weighted by molar-refractivity contribution is 14.1. The molecule has 0 aromatic carbocycles. The summed E-state index contributed by atoms with van der Waals surface area (Å²) >= 11 is 1.79. The number of carbonyl (C=O) groups is 2. The van der Waals surface area contributed by atoms with Crippen LogP contribution in [0.15, 0.2) is 24.5 Å². The molecule has 1 aromatic rings. The van der Waals surface area contributed by atoms with E-state index in [9.17, 15) is 9.59 Å². The van der Waals surface area contributed by atoms with Crippen molar-refractivity contribution >= 4 is 32.3 Å². The first kappa shape index (κ1) is 12.6. The molecule has 0 radical (unpaired) electrons. The Morgan fingerprint density at radius 1 is 1.53 bits per heavy atom. The quantitative estimate of drug-likeness (QED) is 0.618. The van der Waals surface area contributed by atoms with Gasteiger partial charge >= 0.3 is 0 Å². The van der Waals surface area contributed by atoms with Crippen molar-refractivity contribution in [2.24, 2.45) is 0 Å². The summed E-state index contributed by atoms with van der Waals surface area (Å²) < 4.78 is 2.09. The molecule has 0 spiro atoms. The van der Waals surface area contributed by atoms with Gasteiger partial charge in [-0.2, -0.15) is 0 Å². The second-order valence-corrected chi connectivity index (χ2v) is 5.33. The number of likely N-dealkylation sites (tertiary alicyclic amines) is 1. The lowest BCUT2D eigenvalue weighted by molar-refractivity contribution is -0.133. The number of nitrogens with zero attached hydrogens (tertiary/aromatic N) is 2. The largest absolute Gasteiger partial charge is 0.349 e. The lowest BCUT2D eigenvalue weighted by Gasteiger charge is -2.24. The molecule has 4 nitrogen and oxygen atoms in total. The molecule has 0 aliphatic carbocycles. The van der Waals surface area contributed by atoms with Crippen LogP contribution in [0.1, 0.15) is 25.8 Å². The summed E-state index contributed by atoms with van der Waals surface area (Å²) in [5.74, 6) is 0.0839. The van der Waals surface area contributed by atoms with Crippen LogP contribution in [-0.4, -0.2) is 31.8 Å². The van der Waals surface area contributed by atoms with Gasteiger partial charge in [0.25, 0.3) is 0 Å². The van der Waals surface area contributed by atoms with Crippen molar-refractivity contribution in [2.75, 3.05) is 6.54 Å². The van der Waals surface area contributed by atoms with E-state index in [1.54, 1.807) is 27.5 Å². The fourth-order valence-corrected chi connectivity index (χ4v) is 3.08. The van der Waals surface area contributed by atoms with Crippen LogP contribution in [0.4, 0.5) is 0 Å². The van der Waals surface area contributed by atoms with Crippen LogP contribution in [0.25, 0.3) is 0 Å². The third kappa shape index (κ3) is 2.53. The highest BCUT2D eigenvalue weighted by atomic mass is 127. The van der Waals surface area contributed by atoms with Gasteiger partial charge in [-0.15, -0.1) is 0 Å². The minimum Gasteiger partial charge on any atom is -0.349 e. The molecular weight excluding hydrogens is 331 g/mol. The van der Waals surface area contributed by atoms with Crippen LogP contribution in [0.5, 0.6) is 0 Å². The van der Waals surface area contributed by atoms with E-state index in [2.05, 4.69) is 0 Å². The monoisotopic (exact) mass is 346 g/mol. The molecule has 17 heavy (non-hydrogen) atoms. The molecule has 2 heterocycles. The van der Waals surface area contributed by atoms with E-state index >= 15 is 0 Å². The van der Waals surface area contributed by atoms with Crippen molar-refractivity contribution in [3.63, 3.8) is 0 Å². The van der Waals surface area contributed by atoms with Crippen LogP contribution in [0, 0.1) is 0 Å². The van der Waals surface area contributed by atoms with Gasteiger partial charge in [0.15, 0.2) is 0 Å². The molecule has 2 atom stereocenters. The van der Waals surface area contributed by atoms with Crippen molar-refractivity contribution in [2.45, 2.75) is 31.8 Å². The third-order valence-electron chi connectivity index (χ3n) is 3.21. The maximum absolute atomic E-state index is 11.9. The molecule has 92 valence electrons. The molecule has 5 heteroatoms. The fraction of sp³-hybridized carbons (Fsp3) is 0.500. The Hall–Kier alpha value is -0.850. The molecule has 1 aromatic heterocycles.